The second kappa shape index (κ2) is 24.1. The van der Waals surface area contributed by atoms with E-state index in [1.54, 1.807) is 48.2 Å². The van der Waals surface area contributed by atoms with Crippen molar-refractivity contribution in [3.05, 3.63) is 101 Å². The lowest BCUT2D eigenvalue weighted by Crippen LogP contribution is -2.41. The molecule has 1 heterocycles. The highest BCUT2D eigenvalue weighted by Crippen LogP contribution is 2.43. The maximum absolute atomic E-state index is 14.7. The Kier molecular flexibility index (Phi) is 19.2. The van der Waals surface area contributed by atoms with Crippen LogP contribution in [0.4, 0.5) is 32.0 Å². The first-order chi connectivity index (χ1) is 33.0. The van der Waals surface area contributed by atoms with E-state index >= 15 is 0 Å². The molecule has 3 atom stereocenters. The lowest BCUT2D eigenvalue weighted by molar-refractivity contribution is -0.147. The number of carboxylic acid groups (broad SMARTS) is 2. The van der Waals surface area contributed by atoms with Gasteiger partial charge in [0.25, 0.3) is 0 Å². The first kappa shape index (κ1) is 55.5. The smallest absolute Gasteiger partial charge is 0.390 e. The summed E-state index contributed by atoms with van der Waals surface area (Å²) in [5, 5.41) is 20.3. The van der Waals surface area contributed by atoms with Crippen molar-refractivity contribution >= 4 is 37.7 Å². The Bertz CT molecular complexity index is 2530. The molecule has 70 heavy (non-hydrogen) atoms. The van der Waals surface area contributed by atoms with Crippen LogP contribution in [0.2, 0.25) is 0 Å². The van der Waals surface area contributed by atoms with Gasteiger partial charge in [0.15, 0.2) is 11.5 Å². The van der Waals surface area contributed by atoms with E-state index in [4.69, 9.17) is 18.9 Å². The lowest BCUT2D eigenvalue weighted by Gasteiger charge is -2.38. The van der Waals surface area contributed by atoms with Gasteiger partial charge >= 0.3 is 24.3 Å². The van der Waals surface area contributed by atoms with E-state index < -0.39 is 103 Å². The van der Waals surface area contributed by atoms with E-state index in [-0.39, 0.29) is 80.4 Å². The average Bonchev–Trinajstić information content (AvgIpc) is 3.79. The number of alkyl halides is 6. The third-order valence-corrected chi connectivity index (χ3v) is 14.9. The number of allylic oxidation sites excluding steroid dienone is 1. The van der Waals surface area contributed by atoms with Crippen molar-refractivity contribution in [1.29, 1.82) is 0 Å². The van der Waals surface area contributed by atoms with Gasteiger partial charge in [0.2, 0.25) is 20.0 Å². The summed E-state index contributed by atoms with van der Waals surface area (Å²) in [6.45, 7) is 1.57. The fourth-order valence-corrected chi connectivity index (χ4v) is 10.6. The molecule has 0 radical (unpaired) electrons. The minimum Gasteiger partial charge on any atom is -0.481 e. The number of hydrogen-bond acceptors (Lipinski definition) is 12. The third kappa shape index (κ3) is 15.1. The Hall–Kier alpha value is -5.40. The number of halogens is 6. The molecule has 386 valence electrons. The van der Waals surface area contributed by atoms with Crippen LogP contribution in [0.3, 0.4) is 0 Å². The van der Waals surface area contributed by atoms with Gasteiger partial charge < -0.3 is 39.0 Å². The van der Waals surface area contributed by atoms with Crippen LogP contribution in [-0.4, -0.2) is 133 Å². The minimum atomic E-state index is -4.83. The molecule has 3 aromatic rings. The SMILES string of the molecule is CCOCCN(CCOCCC1CCN(S(=O)(=O)C2=CC(C(=O)O)C(C)C(N(CCC(F)(F)F)CCC(F)(F)F)=C2Oc2ccccc2)C1)c1cc(C(=O)O)cc(S(=O)(=O)NC)c1Oc1ccccc1. The van der Waals surface area contributed by atoms with Gasteiger partial charge in [0, 0.05) is 58.4 Å². The van der Waals surface area contributed by atoms with Crippen molar-refractivity contribution in [2.24, 2.45) is 17.8 Å². The zero-order valence-electron chi connectivity index (χ0n) is 38.5. The van der Waals surface area contributed by atoms with Crippen molar-refractivity contribution in [1.82, 2.24) is 13.9 Å². The molecular weight excluding hydrogens is 979 g/mol. The molecule has 1 aliphatic carbocycles. The summed E-state index contributed by atoms with van der Waals surface area (Å²) in [6, 6.07) is 18.0. The molecule has 5 rings (SSSR count). The number of ether oxygens (including phenoxy) is 4. The number of sulfonamides is 2. The van der Waals surface area contributed by atoms with Crippen LogP contribution in [0, 0.1) is 17.8 Å². The molecule has 0 aromatic heterocycles. The van der Waals surface area contributed by atoms with Crippen molar-refractivity contribution in [3.8, 4) is 17.2 Å². The lowest BCUT2D eigenvalue weighted by atomic mass is 9.85. The molecule has 3 N–H and O–H groups in total. The van der Waals surface area contributed by atoms with Gasteiger partial charge in [0.1, 0.15) is 21.3 Å². The first-order valence-corrected chi connectivity index (χ1v) is 25.2. The average molecular weight is 1040 g/mol. The number of aromatic carboxylic acids is 1. The molecule has 3 aromatic carbocycles. The van der Waals surface area contributed by atoms with Crippen molar-refractivity contribution in [2.75, 3.05) is 77.6 Å². The fraction of sp³-hybridized carbons (Fsp3) is 0.478. The Balaban J connectivity index is 1.39. The molecule has 0 saturated carbocycles. The summed E-state index contributed by atoms with van der Waals surface area (Å²) in [5.41, 5.74) is -0.653. The minimum absolute atomic E-state index is 0.00505. The topological polar surface area (TPSA) is 202 Å². The number of nitrogens with zero attached hydrogens (tertiary/aromatic N) is 3. The van der Waals surface area contributed by atoms with Crippen LogP contribution in [0.5, 0.6) is 17.2 Å². The number of carboxylic acids is 2. The summed E-state index contributed by atoms with van der Waals surface area (Å²) < 4.78 is 165. The second-order valence-corrected chi connectivity index (χ2v) is 20.1. The number of aliphatic carboxylic acids is 1. The van der Waals surface area contributed by atoms with Gasteiger partial charge in [0.05, 0.1) is 48.9 Å². The van der Waals surface area contributed by atoms with Crippen LogP contribution >= 0.6 is 0 Å². The normalized spacial score (nSPS) is 18.1. The largest absolute Gasteiger partial charge is 0.481 e. The van der Waals surface area contributed by atoms with Crippen LogP contribution in [-0.2, 0) is 34.3 Å². The number of para-hydroxylation sites is 2. The molecule has 1 fully saturated rings. The predicted molar refractivity (Wildman–Crippen MR) is 244 cm³/mol. The molecule has 1 saturated heterocycles. The maximum Gasteiger partial charge on any atom is 0.390 e. The summed E-state index contributed by atoms with van der Waals surface area (Å²) in [6.07, 6.45) is -11.3. The van der Waals surface area contributed by atoms with Crippen LogP contribution in [0.15, 0.2) is 100 Å². The number of hydrogen-bond donors (Lipinski definition) is 3. The standard InChI is InChI=1S/C46H56F6N4O12S2/c1-4-65-25-22-54(37-27-33(43(57)58)28-38(69(61,62)53-3)41(37)67-34-11-7-5-8-12-34)23-26-66-24-16-32-15-19-56(30-32)70(63,64)39-29-36(44(59)60)31(2)40(42(39)68-35-13-9-6-10-14-35)55(20-17-45(47,48)49)21-18-46(50,51)52/h5-14,27-29,31-32,36,53H,4,15-26,30H2,1-3H3,(H,57,58)(H,59,60). The molecule has 2 aliphatic rings. The highest BCUT2D eigenvalue weighted by atomic mass is 32.2. The zero-order valence-corrected chi connectivity index (χ0v) is 40.2. The molecular formula is C46H56F6N4O12S2. The van der Waals surface area contributed by atoms with Gasteiger partial charge in [-0.05, 0) is 75.2 Å². The van der Waals surface area contributed by atoms with Gasteiger partial charge in [-0.25, -0.2) is 26.4 Å². The van der Waals surface area contributed by atoms with E-state index in [1.807, 2.05) is 0 Å². The molecule has 0 bridgehead atoms. The van der Waals surface area contributed by atoms with E-state index in [0.717, 1.165) is 16.4 Å². The van der Waals surface area contributed by atoms with Crippen molar-refractivity contribution < 1.29 is 81.9 Å². The highest BCUT2D eigenvalue weighted by Gasteiger charge is 2.45. The third-order valence-electron chi connectivity index (χ3n) is 11.6. The highest BCUT2D eigenvalue weighted by molar-refractivity contribution is 7.93. The number of rotatable bonds is 26. The quantitative estimate of drug-likeness (QED) is 0.0521. The molecule has 0 spiro atoms. The summed E-state index contributed by atoms with van der Waals surface area (Å²) in [7, 11) is -7.84. The van der Waals surface area contributed by atoms with E-state index in [1.165, 1.54) is 44.3 Å². The predicted octanol–water partition coefficient (Wildman–Crippen LogP) is 7.72. The number of benzene rings is 3. The van der Waals surface area contributed by atoms with Crippen LogP contribution < -0.4 is 19.1 Å². The van der Waals surface area contributed by atoms with Crippen molar-refractivity contribution in [3.63, 3.8) is 0 Å². The fourth-order valence-electron chi connectivity index (χ4n) is 7.94. The Labute approximate surface area is 402 Å². The van der Waals surface area contributed by atoms with Crippen LogP contribution in [0.25, 0.3) is 0 Å². The van der Waals surface area contributed by atoms with Crippen LogP contribution in [0.1, 0.15) is 49.9 Å². The Morgan fingerprint density at radius 1 is 0.800 bits per heavy atom. The second-order valence-electron chi connectivity index (χ2n) is 16.4. The Morgan fingerprint density at radius 2 is 1.37 bits per heavy atom. The van der Waals surface area contributed by atoms with Gasteiger partial charge in [-0.1, -0.05) is 43.3 Å². The van der Waals surface area contributed by atoms with E-state index in [0.29, 0.717) is 24.3 Å². The zero-order chi connectivity index (χ0) is 51.4. The van der Waals surface area contributed by atoms with Gasteiger partial charge in [-0.2, -0.15) is 30.6 Å². The van der Waals surface area contributed by atoms with Gasteiger partial charge in [-0.3, -0.25) is 4.79 Å². The van der Waals surface area contributed by atoms with Crippen molar-refractivity contribution in [2.45, 2.75) is 56.8 Å². The molecule has 3 unspecified atom stereocenters. The Morgan fingerprint density at radius 3 is 1.90 bits per heavy atom. The number of carbonyl (C=O) groups is 2. The van der Waals surface area contributed by atoms with E-state index in [2.05, 4.69) is 4.72 Å². The maximum atomic E-state index is 14.7. The monoisotopic (exact) mass is 1030 g/mol. The molecule has 16 nitrogen and oxygen atoms in total. The van der Waals surface area contributed by atoms with E-state index in [9.17, 15) is 63.0 Å². The molecule has 24 heteroatoms. The number of nitrogens with one attached hydrogen (secondary N) is 1. The number of anilines is 1. The summed E-state index contributed by atoms with van der Waals surface area (Å²) in [5.74, 6) is -6.77. The summed E-state index contributed by atoms with van der Waals surface area (Å²) in [4.78, 5) is 26.2. The molecule has 0 amide bonds. The van der Waals surface area contributed by atoms with Gasteiger partial charge in [-0.15, -0.1) is 0 Å². The first-order valence-electron chi connectivity index (χ1n) is 22.2. The summed E-state index contributed by atoms with van der Waals surface area (Å²) >= 11 is 0. The molecule has 1 aliphatic heterocycles.